The summed E-state index contributed by atoms with van der Waals surface area (Å²) in [6, 6.07) is 16.5. The summed E-state index contributed by atoms with van der Waals surface area (Å²) >= 11 is 0. The molecule has 0 aliphatic carbocycles. The SMILES string of the molecule is Cc1cccc(CN2CCC(c3ccccc3)CCC2=O)n1. The first-order chi connectivity index (χ1) is 10.7. The van der Waals surface area contributed by atoms with Gasteiger partial charge in [0.2, 0.25) is 5.91 Å². The molecule has 1 unspecified atom stereocenters. The van der Waals surface area contributed by atoms with Crippen molar-refractivity contribution in [1.82, 2.24) is 9.88 Å². The molecule has 1 atom stereocenters. The van der Waals surface area contributed by atoms with Crippen LogP contribution in [0.2, 0.25) is 0 Å². The Labute approximate surface area is 132 Å². The van der Waals surface area contributed by atoms with Crippen LogP contribution >= 0.6 is 0 Å². The second-order valence-corrected chi connectivity index (χ2v) is 6.02. The van der Waals surface area contributed by atoms with Crippen LogP contribution in [-0.2, 0) is 11.3 Å². The molecule has 0 N–H and O–H groups in total. The van der Waals surface area contributed by atoms with E-state index in [0.717, 1.165) is 30.8 Å². The monoisotopic (exact) mass is 294 g/mol. The first-order valence-corrected chi connectivity index (χ1v) is 7.97. The van der Waals surface area contributed by atoms with Crippen molar-refractivity contribution < 1.29 is 4.79 Å². The summed E-state index contributed by atoms with van der Waals surface area (Å²) in [6.45, 7) is 3.43. The summed E-state index contributed by atoms with van der Waals surface area (Å²) in [4.78, 5) is 18.9. The average Bonchev–Trinajstić information content (AvgIpc) is 2.71. The molecule has 114 valence electrons. The van der Waals surface area contributed by atoms with Crippen molar-refractivity contribution in [3.05, 3.63) is 65.5 Å². The van der Waals surface area contributed by atoms with E-state index < -0.39 is 0 Å². The smallest absolute Gasteiger partial charge is 0.222 e. The summed E-state index contributed by atoms with van der Waals surface area (Å²) in [5, 5.41) is 0. The zero-order chi connectivity index (χ0) is 15.4. The molecular formula is C19H22N2O. The highest BCUT2D eigenvalue weighted by molar-refractivity contribution is 5.76. The Kier molecular flexibility index (Phi) is 4.52. The van der Waals surface area contributed by atoms with Gasteiger partial charge in [-0.25, -0.2) is 0 Å². The summed E-state index contributed by atoms with van der Waals surface area (Å²) in [5.41, 5.74) is 3.33. The first-order valence-electron chi connectivity index (χ1n) is 7.97. The van der Waals surface area contributed by atoms with Crippen molar-refractivity contribution >= 4 is 5.91 Å². The van der Waals surface area contributed by atoms with Crippen LogP contribution in [-0.4, -0.2) is 22.3 Å². The van der Waals surface area contributed by atoms with E-state index in [2.05, 4.69) is 29.2 Å². The molecule has 3 heteroatoms. The highest BCUT2D eigenvalue weighted by Crippen LogP contribution is 2.28. The van der Waals surface area contributed by atoms with Gasteiger partial charge < -0.3 is 4.90 Å². The van der Waals surface area contributed by atoms with Gasteiger partial charge >= 0.3 is 0 Å². The number of rotatable bonds is 3. The predicted molar refractivity (Wildman–Crippen MR) is 87.4 cm³/mol. The largest absolute Gasteiger partial charge is 0.337 e. The fourth-order valence-corrected chi connectivity index (χ4v) is 3.15. The van der Waals surface area contributed by atoms with Gasteiger partial charge in [-0.2, -0.15) is 0 Å². The Hall–Kier alpha value is -2.16. The van der Waals surface area contributed by atoms with E-state index in [1.807, 2.05) is 36.1 Å². The highest BCUT2D eigenvalue weighted by atomic mass is 16.2. The Morgan fingerprint density at radius 2 is 1.91 bits per heavy atom. The van der Waals surface area contributed by atoms with Gasteiger partial charge in [0.25, 0.3) is 0 Å². The number of pyridine rings is 1. The maximum absolute atomic E-state index is 12.4. The third-order valence-electron chi connectivity index (χ3n) is 4.38. The molecule has 1 aliphatic rings. The molecule has 1 saturated heterocycles. The minimum atomic E-state index is 0.252. The van der Waals surface area contributed by atoms with Crippen LogP contribution in [0.4, 0.5) is 0 Å². The fraction of sp³-hybridized carbons (Fsp3) is 0.368. The lowest BCUT2D eigenvalue weighted by atomic mass is 9.92. The number of benzene rings is 1. The number of carbonyl (C=O) groups is 1. The molecule has 2 aromatic rings. The van der Waals surface area contributed by atoms with Crippen molar-refractivity contribution in [3.8, 4) is 0 Å². The number of aryl methyl sites for hydroxylation is 1. The molecule has 2 heterocycles. The van der Waals surface area contributed by atoms with Crippen LogP contribution in [0, 0.1) is 6.92 Å². The van der Waals surface area contributed by atoms with E-state index >= 15 is 0 Å². The minimum absolute atomic E-state index is 0.252. The number of likely N-dealkylation sites (tertiary alicyclic amines) is 1. The molecule has 3 rings (SSSR count). The van der Waals surface area contributed by atoms with Gasteiger partial charge in [0.15, 0.2) is 0 Å². The van der Waals surface area contributed by atoms with Crippen LogP contribution in [0.1, 0.15) is 42.1 Å². The zero-order valence-electron chi connectivity index (χ0n) is 13.0. The minimum Gasteiger partial charge on any atom is -0.337 e. The van der Waals surface area contributed by atoms with Crippen LogP contribution in [0.5, 0.6) is 0 Å². The maximum Gasteiger partial charge on any atom is 0.222 e. The second-order valence-electron chi connectivity index (χ2n) is 6.02. The molecule has 0 bridgehead atoms. The van der Waals surface area contributed by atoms with Crippen LogP contribution in [0.3, 0.4) is 0 Å². The van der Waals surface area contributed by atoms with Gasteiger partial charge in [0.1, 0.15) is 0 Å². The molecule has 0 radical (unpaired) electrons. The topological polar surface area (TPSA) is 33.2 Å². The van der Waals surface area contributed by atoms with Gasteiger partial charge in [0.05, 0.1) is 12.2 Å². The lowest BCUT2D eigenvalue weighted by Gasteiger charge is -2.20. The van der Waals surface area contributed by atoms with Crippen molar-refractivity contribution in [2.45, 2.75) is 38.6 Å². The molecule has 1 aliphatic heterocycles. The molecule has 0 saturated carbocycles. The van der Waals surface area contributed by atoms with E-state index in [-0.39, 0.29) is 5.91 Å². The number of aromatic nitrogens is 1. The van der Waals surface area contributed by atoms with Gasteiger partial charge in [-0.05, 0) is 43.4 Å². The number of carbonyl (C=O) groups excluding carboxylic acids is 1. The average molecular weight is 294 g/mol. The number of amides is 1. The molecule has 1 fully saturated rings. The zero-order valence-corrected chi connectivity index (χ0v) is 13.0. The second kappa shape index (κ2) is 6.73. The number of hydrogen-bond donors (Lipinski definition) is 0. The summed E-state index contributed by atoms with van der Waals surface area (Å²) in [5.74, 6) is 0.738. The lowest BCUT2D eigenvalue weighted by Crippen LogP contribution is -2.30. The van der Waals surface area contributed by atoms with Crippen molar-refractivity contribution in [3.63, 3.8) is 0 Å². The van der Waals surface area contributed by atoms with Crippen LogP contribution in [0.25, 0.3) is 0 Å². The predicted octanol–water partition coefficient (Wildman–Crippen LogP) is 3.69. The fourth-order valence-electron chi connectivity index (χ4n) is 3.15. The third kappa shape index (κ3) is 3.53. The third-order valence-corrected chi connectivity index (χ3v) is 4.38. The van der Waals surface area contributed by atoms with Crippen LogP contribution < -0.4 is 0 Å². The Morgan fingerprint density at radius 1 is 1.09 bits per heavy atom. The summed E-state index contributed by atoms with van der Waals surface area (Å²) in [6.07, 6.45) is 2.60. The Balaban J connectivity index is 1.68. The molecule has 22 heavy (non-hydrogen) atoms. The molecular weight excluding hydrogens is 272 g/mol. The summed E-state index contributed by atoms with van der Waals surface area (Å²) in [7, 11) is 0. The van der Waals surface area contributed by atoms with Crippen LogP contribution in [0.15, 0.2) is 48.5 Å². The Morgan fingerprint density at radius 3 is 2.68 bits per heavy atom. The quantitative estimate of drug-likeness (QED) is 0.865. The van der Waals surface area contributed by atoms with Crippen molar-refractivity contribution in [1.29, 1.82) is 0 Å². The number of hydrogen-bond acceptors (Lipinski definition) is 2. The molecule has 1 aromatic carbocycles. The van der Waals surface area contributed by atoms with Crippen molar-refractivity contribution in [2.24, 2.45) is 0 Å². The normalized spacial score (nSPS) is 19.0. The summed E-state index contributed by atoms with van der Waals surface area (Å²) < 4.78 is 0. The van der Waals surface area contributed by atoms with Gasteiger partial charge in [-0.15, -0.1) is 0 Å². The Bertz CT molecular complexity index is 639. The van der Waals surface area contributed by atoms with E-state index in [9.17, 15) is 4.79 Å². The standard InChI is InChI=1S/C19H22N2O/c1-15-6-5-9-18(20-15)14-21-13-12-17(10-11-19(21)22)16-7-3-2-4-8-16/h2-9,17H,10-14H2,1H3. The number of nitrogens with zero attached hydrogens (tertiary/aromatic N) is 2. The molecule has 1 aromatic heterocycles. The van der Waals surface area contributed by atoms with E-state index in [1.165, 1.54) is 5.56 Å². The molecule has 1 amide bonds. The van der Waals surface area contributed by atoms with E-state index in [4.69, 9.17) is 0 Å². The van der Waals surface area contributed by atoms with E-state index in [0.29, 0.717) is 18.9 Å². The maximum atomic E-state index is 12.4. The molecule has 0 spiro atoms. The molecule has 3 nitrogen and oxygen atoms in total. The first kappa shape index (κ1) is 14.8. The van der Waals surface area contributed by atoms with E-state index in [1.54, 1.807) is 0 Å². The van der Waals surface area contributed by atoms with Gasteiger partial charge in [0, 0.05) is 18.7 Å². The van der Waals surface area contributed by atoms with Crippen molar-refractivity contribution in [2.75, 3.05) is 6.54 Å². The van der Waals surface area contributed by atoms with Gasteiger partial charge in [-0.3, -0.25) is 9.78 Å². The van der Waals surface area contributed by atoms with Gasteiger partial charge in [-0.1, -0.05) is 36.4 Å². The highest BCUT2D eigenvalue weighted by Gasteiger charge is 2.23. The lowest BCUT2D eigenvalue weighted by molar-refractivity contribution is -0.131.